The SMILES string of the molecule is O=S1(=O)CCN(Cc2ccc(F)cc2B(O)O)CC1. The summed E-state index contributed by atoms with van der Waals surface area (Å²) in [6.45, 7) is 1.18. The number of hydrogen-bond acceptors (Lipinski definition) is 5. The Morgan fingerprint density at radius 2 is 1.89 bits per heavy atom. The van der Waals surface area contributed by atoms with Crippen molar-refractivity contribution in [1.29, 1.82) is 0 Å². The van der Waals surface area contributed by atoms with E-state index in [1.807, 2.05) is 4.90 Å². The molecule has 2 N–H and O–H groups in total. The van der Waals surface area contributed by atoms with Crippen molar-refractivity contribution in [3.63, 3.8) is 0 Å². The lowest BCUT2D eigenvalue weighted by atomic mass is 9.77. The molecule has 0 aromatic heterocycles. The van der Waals surface area contributed by atoms with Gasteiger partial charge < -0.3 is 10.0 Å². The molecule has 0 unspecified atom stereocenters. The van der Waals surface area contributed by atoms with Gasteiger partial charge in [0.1, 0.15) is 5.82 Å². The van der Waals surface area contributed by atoms with E-state index in [9.17, 15) is 22.9 Å². The summed E-state index contributed by atoms with van der Waals surface area (Å²) >= 11 is 0. The molecule has 0 amide bonds. The first kappa shape index (κ1) is 14.5. The fourth-order valence-electron chi connectivity index (χ4n) is 2.10. The van der Waals surface area contributed by atoms with Gasteiger partial charge in [-0.2, -0.15) is 0 Å². The Balaban J connectivity index is 2.11. The summed E-state index contributed by atoms with van der Waals surface area (Å²) in [5.74, 6) is -0.329. The Bertz CT molecular complexity index is 550. The fourth-order valence-corrected chi connectivity index (χ4v) is 3.38. The van der Waals surface area contributed by atoms with Gasteiger partial charge in [0, 0.05) is 19.6 Å². The molecule has 0 atom stereocenters. The minimum Gasteiger partial charge on any atom is -0.423 e. The molecule has 2 rings (SSSR count). The van der Waals surface area contributed by atoms with Crippen LogP contribution in [-0.2, 0) is 16.4 Å². The molecule has 0 aliphatic carbocycles. The van der Waals surface area contributed by atoms with Gasteiger partial charge in [-0.25, -0.2) is 12.8 Å². The second kappa shape index (κ2) is 5.58. The van der Waals surface area contributed by atoms with E-state index >= 15 is 0 Å². The van der Waals surface area contributed by atoms with Crippen LogP contribution >= 0.6 is 0 Å². The van der Waals surface area contributed by atoms with Gasteiger partial charge in [-0.1, -0.05) is 6.07 Å². The van der Waals surface area contributed by atoms with Gasteiger partial charge in [0.15, 0.2) is 9.84 Å². The molecule has 0 spiro atoms. The van der Waals surface area contributed by atoms with E-state index in [0.29, 0.717) is 25.2 Å². The van der Waals surface area contributed by atoms with Crippen LogP contribution in [0.1, 0.15) is 5.56 Å². The van der Waals surface area contributed by atoms with Gasteiger partial charge in [0.2, 0.25) is 0 Å². The maximum atomic E-state index is 13.1. The van der Waals surface area contributed by atoms with Crippen molar-refractivity contribution < 1.29 is 22.9 Å². The lowest BCUT2D eigenvalue weighted by Gasteiger charge is -2.27. The molecule has 1 aliphatic rings. The standard InChI is InChI=1S/C11H15BFNO4S/c13-10-2-1-9(11(7-10)12(15)16)8-14-3-5-19(17,18)6-4-14/h1-2,7,15-16H,3-6,8H2. The van der Waals surface area contributed by atoms with Crippen molar-refractivity contribution in [3.05, 3.63) is 29.6 Å². The van der Waals surface area contributed by atoms with Crippen LogP contribution in [0.25, 0.3) is 0 Å². The molecular formula is C11H15BFNO4S. The van der Waals surface area contributed by atoms with Crippen LogP contribution in [0.2, 0.25) is 0 Å². The Labute approximate surface area is 111 Å². The molecule has 1 aromatic rings. The van der Waals surface area contributed by atoms with Gasteiger partial charge in [-0.3, -0.25) is 4.90 Å². The molecule has 8 heteroatoms. The third-order valence-electron chi connectivity index (χ3n) is 3.22. The number of hydrogen-bond donors (Lipinski definition) is 2. The van der Waals surface area contributed by atoms with Crippen molar-refractivity contribution in [2.24, 2.45) is 0 Å². The third kappa shape index (κ3) is 3.76. The van der Waals surface area contributed by atoms with Crippen molar-refractivity contribution in [2.45, 2.75) is 6.54 Å². The first-order chi connectivity index (χ1) is 8.87. The number of benzene rings is 1. The molecule has 1 fully saturated rings. The van der Waals surface area contributed by atoms with Crippen molar-refractivity contribution >= 4 is 22.4 Å². The lowest BCUT2D eigenvalue weighted by Crippen LogP contribution is -2.42. The highest BCUT2D eigenvalue weighted by Gasteiger charge is 2.24. The van der Waals surface area contributed by atoms with E-state index in [-0.39, 0.29) is 17.0 Å². The maximum absolute atomic E-state index is 13.1. The van der Waals surface area contributed by atoms with Gasteiger partial charge in [-0.15, -0.1) is 0 Å². The molecule has 1 heterocycles. The predicted molar refractivity (Wildman–Crippen MR) is 70.2 cm³/mol. The molecule has 1 saturated heterocycles. The molecule has 19 heavy (non-hydrogen) atoms. The van der Waals surface area contributed by atoms with E-state index in [2.05, 4.69) is 0 Å². The van der Waals surface area contributed by atoms with Crippen LogP contribution in [0.5, 0.6) is 0 Å². The highest BCUT2D eigenvalue weighted by atomic mass is 32.2. The Morgan fingerprint density at radius 3 is 2.47 bits per heavy atom. The van der Waals surface area contributed by atoms with Crippen molar-refractivity contribution in [1.82, 2.24) is 4.90 Å². The summed E-state index contributed by atoms with van der Waals surface area (Å²) in [6, 6.07) is 3.83. The quantitative estimate of drug-likeness (QED) is 0.678. The first-order valence-electron chi connectivity index (χ1n) is 5.95. The van der Waals surface area contributed by atoms with Crippen molar-refractivity contribution in [3.8, 4) is 0 Å². The van der Waals surface area contributed by atoms with E-state index in [4.69, 9.17) is 0 Å². The molecule has 5 nitrogen and oxygen atoms in total. The molecule has 1 aromatic carbocycles. The highest BCUT2D eigenvalue weighted by Crippen LogP contribution is 2.10. The Kier molecular flexibility index (Phi) is 4.24. The summed E-state index contributed by atoms with van der Waals surface area (Å²) in [7, 11) is -4.68. The topological polar surface area (TPSA) is 77.8 Å². The van der Waals surface area contributed by atoms with Crippen LogP contribution in [0.4, 0.5) is 4.39 Å². The molecular weight excluding hydrogens is 272 g/mol. The first-order valence-corrected chi connectivity index (χ1v) is 7.77. The summed E-state index contributed by atoms with van der Waals surface area (Å²) in [5.41, 5.74) is 0.712. The smallest absolute Gasteiger partial charge is 0.423 e. The van der Waals surface area contributed by atoms with Crippen LogP contribution in [0.3, 0.4) is 0 Å². The summed E-state index contributed by atoms with van der Waals surface area (Å²) in [4.78, 5) is 1.90. The second-order valence-electron chi connectivity index (χ2n) is 4.64. The average molecular weight is 287 g/mol. The molecule has 0 bridgehead atoms. The Hall–Kier alpha value is -0.955. The lowest BCUT2D eigenvalue weighted by molar-refractivity contribution is 0.288. The zero-order valence-corrected chi connectivity index (χ0v) is 11.1. The highest BCUT2D eigenvalue weighted by molar-refractivity contribution is 7.91. The van der Waals surface area contributed by atoms with Gasteiger partial charge >= 0.3 is 7.12 Å². The average Bonchev–Trinajstić information content (AvgIpc) is 2.33. The minimum atomic E-state index is -2.94. The van der Waals surface area contributed by atoms with E-state index in [1.54, 1.807) is 0 Å². The number of halogens is 1. The number of sulfone groups is 1. The largest absolute Gasteiger partial charge is 0.488 e. The zero-order chi connectivity index (χ0) is 14.0. The van der Waals surface area contributed by atoms with Gasteiger partial charge in [0.25, 0.3) is 0 Å². The third-order valence-corrected chi connectivity index (χ3v) is 4.83. The minimum absolute atomic E-state index is 0.102. The number of nitrogens with zero attached hydrogens (tertiary/aromatic N) is 1. The van der Waals surface area contributed by atoms with Crippen LogP contribution < -0.4 is 5.46 Å². The van der Waals surface area contributed by atoms with Crippen LogP contribution in [0.15, 0.2) is 18.2 Å². The normalized spacial score (nSPS) is 19.3. The summed E-state index contributed by atoms with van der Waals surface area (Å²) < 4.78 is 35.7. The monoisotopic (exact) mass is 287 g/mol. The molecule has 104 valence electrons. The van der Waals surface area contributed by atoms with Gasteiger partial charge in [-0.05, 0) is 23.2 Å². The zero-order valence-electron chi connectivity index (χ0n) is 10.3. The second-order valence-corrected chi connectivity index (χ2v) is 6.95. The predicted octanol–water partition coefficient (Wildman–Crippen LogP) is -1.26. The fraction of sp³-hybridized carbons (Fsp3) is 0.455. The molecule has 0 saturated carbocycles. The molecule has 0 radical (unpaired) electrons. The summed E-state index contributed by atoms with van der Waals surface area (Å²) in [5, 5.41) is 18.4. The van der Waals surface area contributed by atoms with Gasteiger partial charge in [0.05, 0.1) is 11.5 Å². The Morgan fingerprint density at radius 1 is 1.26 bits per heavy atom. The van der Waals surface area contributed by atoms with Crippen LogP contribution in [-0.4, -0.2) is 55.1 Å². The van der Waals surface area contributed by atoms with E-state index in [0.717, 1.165) is 6.07 Å². The summed E-state index contributed by atoms with van der Waals surface area (Å²) in [6.07, 6.45) is 0. The molecule has 1 aliphatic heterocycles. The van der Waals surface area contributed by atoms with Crippen molar-refractivity contribution in [2.75, 3.05) is 24.6 Å². The maximum Gasteiger partial charge on any atom is 0.488 e. The van der Waals surface area contributed by atoms with Crippen LogP contribution in [0, 0.1) is 5.82 Å². The van der Waals surface area contributed by atoms with E-state index in [1.165, 1.54) is 12.1 Å². The number of rotatable bonds is 3. The van der Waals surface area contributed by atoms with E-state index < -0.39 is 22.8 Å².